The third kappa shape index (κ3) is 2.95. The first kappa shape index (κ1) is 14.3. The molecule has 0 aliphatic rings. The summed E-state index contributed by atoms with van der Waals surface area (Å²) >= 11 is 7.54. The van der Waals surface area contributed by atoms with Gasteiger partial charge in [0.15, 0.2) is 11.5 Å². The van der Waals surface area contributed by atoms with Crippen LogP contribution in [-0.2, 0) is 5.75 Å². The zero-order valence-corrected chi connectivity index (χ0v) is 13.5. The van der Waals surface area contributed by atoms with Crippen LogP contribution in [0.2, 0.25) is 5.02 Å². The molecule has 0 aliphatic heterocycles. The molecule has 7 heteroatoms. The van der Waals surface area contributed by atoms with Crippen LogP contribution in [0.4, 0.5) is 0 Å². The summed E-state index contributed by atoms with van der Waals surface area (Å²) in [5.74, 6) is 2.33. The lowest BCUT2D eigenvalue weighted by Crippen LogP contribution is -1.96. The fourth-order valence-corrected chi connectivity index (χ4v) is 3.05. The van der Waals surface area contributed by atoms with E-state index in [1.165, 1.54) is 0 Å². The van der Waals surface area contributed by atoms with E-state index in [-0.39, 0.29) is 0 Å². The zero-order chi connectivity index (χ0) is 15.6. The van der Waals surface area contributed by atoms with Gasteiger partial charge in [-0.3, -0.25) is 0 Å². The largest absolute Gasteiger partial charge is 0.468 e. The van der Waals surface area contributed by atoms with E-state index < -0.39 is 0 Å². The fraction of sp³-hybridized carbons (Fsp3) is 0.0625. The maximum absolute atomic E-state index is 5.94. The molecule has 3 heterocycles. The van der Waals surface area contributed by atoms with E-state index in [1.807, 2.05) is 48.5 Å². The molecule has 0 amide bonds. The minimum atomic E-state index is 0.685. The molecule has 0 radical (unpaired) electrons. The molecule has 0 spiro atoms. The highest BCUT2D eigenvalue weighted by atomic mass is 35.5. The van der Waals surface area contributed by atoms with Gasteiger partial charge in [-0.25, -0.2) is 0 Å². The van der Waals surface area contributed by atoms with Crippen molar-refractivity contribution in [1.29, 1.82) is 0 Å². The third-order valence-electron chi connectivity index (χ3n) is 3.28. The summed E-state index contributed by atoms with van der Waals surface area (Å²) in [4.78, 5) is 0. The molecule has 0 fully saturated rings. The summed E-state index contributed by atoms with van der Waals surface area (Å²) in [6, 6.07) is 15.1. The van der Waals surface area contributed by atoms with Gasteiger partial charge in [0.1, 0.15) is 10.8 Å². The SMILES string of the molecule is Clc1ccc(-c2nnc3ccc(SCc4ccco4)nn23)cc1. The predicted octanol–water partition coefficient (Wildman–Crippen LogP) is 4.33. The van der Waals surface area contributed by atoms with Crippen LogP contribution in [0.15, 0.2) is 64.2 Å². The number of furan rings is 1. The number of hydrogen-bond donors (Lipinski definition) is 0. The van der Waals surface area contributed by atoms with Crippen LogP contribution in [0, 0.1) is 0 Å². The molecule has 0 saturated carbocycles. The van der Waals surface area contributed by atoms with E-state index in [1.54, 1.807) is 22.5 Å². The van der Waals surface area contributed by atoms with Gasteiger partial charge in [0.2, 0.25) is 0 Å². The lowest BCUT2D eigenvalue weighted by atomic mass is 10.2. The topological polar surface area (TPSA) is 56.2 Å². The summed E-state index contributed by atoms with van der Waals surface area (Å²) in [6.45, 7) is 0. The minimum absolute atomic E-state index is 0.685. The van der Waals surface area contributed by atoms with Crippen molar-refractivity contribution >= 4 is 29.0 Å². The summed E-state index contributed by atoms with van der Waals surface area (Å²) in [5, 5.41) is 14.6. The standard InChI is InChI=1S/C16H11ClN4OS/c17-12-5-3-11(4-6-12)16-19-18-14-7-8-15(20-21(14)16)23-10-13-2-1-9-22-13/h1-9H,10H2. The number of fused-ring (bicyclic) bond motifs is 1. The molecule has 0 aliphatic carbocycles. The Kier molecular flexibility index (Phi) is 3.77. The van der Waals surface area contributed by atoms with Crippen molar-refractivity contribution in [1.82, 2.24) is 19.8 Å². The van der Waals surface area contributed by atoms with Gasteiger partial charge in [0.25, 0.3) is 0 Å². The Morgan fingerprint density at radius 2 is 1.91 bits per heavy atom. The van der Waals surface area contributed by atoms with Crippen LogP contribution in [0.3, 0.4) is 0 Å². The van der Waals surface area contributed by atoms with E-state index in [9.17, 15) is 0 Å². The fourth-order valence-electron chi connectivity index (χ4n) is 2.17. The molecule has 23 heavy (non-hydrogen) atoms. The van der Waals surface area contributed by atoms with Crippen LogP contribution in [0.5, 0.6) is 0 Å². The van der Waals surface area contributed by atoms with Crippen molar-refractivity contribution < 1.29 is 4.42 Å². The van der Waals surface area contributed by atoms with Crippen molar-refractivity contribution in [3.05, 3.63) is 65.6 Å². The summed E-state index contributed by atoms with van der Waals surface area (Å²) in [5.41, 5.74) is 1.62. The molecule has 0 bridgehead atoms. The molecule has 3 aromatic heterocycles. The number of benzene rings is 1. The average Bonchev–Trinajstić information content (AvgIpc) is 3.23. The average molecular weight is 343 g/mol. The quantitative estimate of drug-likeness (QED) is 0.517. The molecule has 5 nitrogen and oxygen atoms in total. The lowest BCUT2D eigenvalue weighted by molar-refractivity contribution is 0.530. The number of hydrogen-bond acceptors (Lipinski definition) is 5. The van der Waals surface area contributed by atoms with Crippen LogP contribution in [0.25, 0.3) is 17.0 Å². The highest BCUT2D eigenvalue weighted by molar-refractivity contribution is 7.98. The molecule has 4 rings (SSSR count). The lowest BCUT2D eigenvalue weighted by Gasteiger charge is -2.02. The Bertz CT molecular complexity index is 935. The molecule has 114 valence electrons. The molecular formula is C16H11ClN4OS. The zero-order valence-electron chi connectivity index (χ0n) is 11.9. The molecular weight excluding hydrogens is 332 g/mol. The number of nitrogens with zero attached hydrogens (tertiary/aromatic N) is 4. The summed E-state index contributed by atoms with van der Waals surface area (Å²) in [6.07, 6.45) is 1.67. The Morgan fingerprint density at radius 3 is 2.70 bits per heavy atom. The Hall–Kier alpha value is -2.31. The monoisotopic (exact) mass is 342 g/mol. The molecule has 0 unspecified atom stereocenters. The second-order valence-corrected chi connectivity index (χ2v) is 6.27. The van der Waals surface area contributed by atoms with Gasteiger partial charge in [-0.1, -0.05) is 23.4 Å². The van der Waals surface area contributed by atoms with Crippen LogP contribution >= 0.6 is 23.4 Å². The molecule has 1 aromatic carbocycles. The van der Waals surface area contributed by atoms with Crippen molar-refractivity contribution in [3.63, 3.8) is 0 Å². The second kappa shape index (κ2) is 6.06. The first-order valence-electron chi connectivity index (χ1n) is 6.93. The molecule has 0 saturated heterocycles. The summed E-state index contributed by atoms with van der Waals surface area (Å²) < 4.78 is 7.08. The van der Waals surface area contributed by atoms with Gasteiger partial charge < -0.3 is 4.42 Å². The molecule has 4 aromatic rings. The van der Waals surface area contributed by atoms with Gasteiger partial charge in [0, 0.05) is 10.6 Å². The van der Waals surface area contributed by atoms with Crippen molar-refractivity contribution in [2.75, 3.05) is 0 Å². The maximum atomic E-state index is 5.94. The van der Waals surface area contributed by atoms with Crippen LogP contribution in [0.1, 0.15) is 5.76 Å². The number of thioether (sulfide) groups is 1. The Balaban J connectivity index is 1.67. The summed E-state index contributed by atoms with van der Waals surface area (Å²) in [7, 11) is 0. The van der Waals surface area contributed by atoms with Gasteiger partial charge >= 0.3 is 0 Å². The smallest absolute Gasteiger partial charge is 0.185 e. The third-order valence-corrected chi connectivity index (χ3v) is 4.48. The predicted molar refractivity (Wildman–Crippen MR) is 89.5 cm³/mol. The van der Waals surface area contributed by atoms with Gasteiger partial charge in [-0.15, -0.1) is 10.2 Å². The first-order valence-corrected chi connectivity index (χ1v) is 8.29. The van der Waals surface area contributed by atoms with Crippen molar-refractivity contribution in [2.45, 2.75) is 10.8 Å². The van der Waals surface area contributed by atoms with Crippen LogP contribution < -0.4 is 0 Å². The van der Waals surface area contributed by atoms with E-state index in [0.29, 0.717) is 16.5 Å². The molecule has 0 N–H and O–H groups in total. The van der Waals surface area contributed by atoms with Crippen molar-refractivity contribution in [3.8, 4) is 11.4 Å². The highest BCUT2D eigenvalue weighted by Gasteiger charge is 2.10. The normalized spacial score (nSPS) is 11.2. The number of aromatic nitrogens is 4. The van der Waals surface area contributed by atoms with Gasteiger partial charge in [-0.2, -0.15) is 9.61 Å². The van der Waals surface area contributed by atoms with E-state index >= 15 is 0 Å². The maximum Gasteiger partial charge on any atom is 0.185 e. The second-order valence-electron chi connectivity index (χ2n) is 4.84. The van der Waals surface area contributed by atoms with Gasteiger partial charge in [0.05, 0.1) is 12.0 Å². The van der Waals surface area contributed by atoms with E-state index in [4.69, 9.17) is 16.0 Å². The minimum Gasteiger partial charge on any atom is -0.468 e. The highest BCUT2D eigenvalue weighted by Crippen LogP contribution is 2.24. The van der Waals surface area contributed by atoms with E-state index in [0.717, 1.165) is 22.1 Å². The Labute approximate surface area is 141 Å². The Morgan fingerprint density at radius 1 is 1.04 bits per heavy atom. The molecule has 0 atom stereocenters. The number of halogens is 1. The van der Waals surface area contributed by atoms with Crippen LogP contribution in [-0.4, -0.2) is 19.8 Å². The number of rotatable bonds is 4. The van der Waals surface area contributed by atoms with Gasteiger partial charge in [-0.05, 0) is 48.5 Å². The van der Waals surface area contributed by atoms with E-state index in [2.05, 4.69) is 15.3 Å². The van der Waals surface area contributed by atoms with Crippen molar-refractivity contribution in [2.24, 2.45) is 0 Å². The first-order chi connectivity index (χ1) is 11.3.